The molecule has 1 aromatic rings. The molecule has 0 spiro atoms. The molecular weight excluding hydrogens is 348 g/mol. The molecule has 2 unspecified atom stereocenters. The van der Waals surface area contributed by atoms with Gasteiger partial charge in [0, 0.05) is 29.5 Å². The molecule has 3 saturated carbocycles. The molecule has 5 heteroatoms. The van der Waals surface area contributed by atoms with E-state index in [0.29, 0.717) is 17.9 Å². The highest BCUT2D eigenvalue weighted by Gasteiger charge is 2.47. The van der Waals surface area contributed by atoms with E-state index in [4.69, 9.17) is 10.5 Å². The second-order valence-corrected chi connectivity index (χ2v) is 8.40. The largest absolute Gasteiger partial charge is 0.496 e. The minimum atomic E-state index is 0. The van der Waals surface area contributed by atoms with Gasteiger partial charge in [0.1, 0.15) is 5.75 Å². The zero-order valence-corrected chi connectivity index (χ0v) is 16.4. The number of fused-ring (bicyclic) bond motifs is 2. The van der Waals surface area contributed by atoms with E-state index < -0.39 is 0 Å². The molecule has 4 nitrogen and oxygen atoms in total. The second kappa shape index (κ2) is 7.77. The SMILES string of the molecule is COc1ccccc1C1(CNC(=O)C2CC3CCCC(C2)C3N)CC1.Cl. The number of nitrogens with two attached hydrogens (primary N) is 1. The summed E-state index contributed by atoms with van der Waals surface area (Å²) in [5, 5.41) is 3.27. The van der Waals surface area contributed by atoms with Gasteiger partial charge in [-0.2, -0.15) is 0 Å². The third-order valence-corrected chi connectivity index (χ3v) is 6.92. The van der Waals surface area contributed by atoms with Crippen molar-refractivity contribution >= 4 is 18.3 Å². The maximum atomic E-state index is 12.8. The van der Waals surface area contributed by atoms with Gasteiger partial charge in [0.15, 0.2) is 0 Å². The van der Waals surface area contributed by atoms with Gasteiger partial charge in [-0.1, -0.05) is 24.6 Å². The maximum absolute atomic E-state index is 12.8. The van der Waals surface area contributed by atoms with Gasteiger partial charge in [-0.15, -0.1) is 12.4 Å². The van der Waals surface area contributed by atoms with Crippen molar-refractivity contribution in [3.63, 3.8) is 0 Å². The van der Waals surface area contributed by atoms with Crippen LogP contribution < -0.4 is 15.8 Å². The molecule has 3 fully saturated rings. The van der Waals surface area contributed by atoms with E-state index >= 15 is 0 Å². The maximum Gasteiger partial charge on any atom is 0.223 e. The molecule has 1 aromatic carbocycles. The monoisotopic (exact) mass is 378 g/mol. The lowest BCUT2D eigenvalue weighted by molar-refractivity contribution is -0.128. The lowest BCUT2D eigenvalue weighted by Crippen LogP contribution is -2.49. The topological polar surface area (TPSA) is 64.3 Å². The molecule has 3 N–H and O–H groups in total. The highest BCUT2D eigenvalue weighted by atomic mass is 35.5. The molecule has 0 aliphatic heterocycles. The number of para-hydroxylation sites is 1. The Hall–Kier alpha value is -1.26. The van der Waals surface area contributed by atoms with E-state index in [0.717, 1.165) is 38.0 Å². The fourth-order valence-electron chi connectivity index (χ4n) is 5.18. The standard InChI is InChI=1S/C21H30N2O2.ClH/c1-25-18-8-3-2-7-17(18)21(9-10-21)13-23-20(24)16-11-14-5-4-6-15(12-16)19(14)22;/h2-3,7-8,14-16,19H,4-6,9-13,22H2,1H3,(H,23,24);1H. The van der Waals surface area contributed by atoms with Gasteiger partial charge in [0.2, 0.25) is 5.91 Å². The number of halogens is 1. The van der Waals surface area contributed by atoms with Crippen molar-refractivity contribution in [1.29, 1.82) is 0 Å². The average molecular weight is 379 g/mol. The van der Waals surface area contributed by atoms with Crippen LogP contribution in [0.1, 0.15) is 50.5 Å². The normalized spacial score (nSPS) is 31.5. The molecule has 4 rings (SSSR count). The Labute approximate surface area is 162 Å². The summed E-state index contributed by atoms with van der Waals surface area (Å²) in [4.78, 5) is 12.8. The van der Waals surface area contributed by atoms with Crippen molar-refractivity contribution < 1.29 is 9.53 Å². The van der Waals surface area contributed by atoms with Crippen LogP contribution in [0.3, 0.4) is 0 Å². The molecule has 1 amide bonds. The van der Waals surface area contributed by atoms with Crippen LogP contribution in [0, 0.1) is 17.8 Å². The Morgan fingerprint density at radius 1 is 1.23 bits per heavy atom. The van der Waals surface area contributed by atoms with Crippen molar-refractivity contribution in [2.24, 2.45) is 23.5 Å². The number of carbonyl (C=O) groups is 1. The van der Waals surface area contributed by atoms with Crippen LogP contribution in [0.4, 0.5) is 0 Å². The average Bonchev–Trinajstić information content (AvgIpc) is 3.40. The molecule has 2 bridgehead atoms. The first-order valence-electron chi connectivity index (χ1n) is 9.80. The van der Waals surface area contributed by atoms with Crippen LogP contribution in [-0.4, -0.2) is 25.6 Å². The van der Waals surface area contributed by atoms with Crippen molar-refractivity contribution in [1.82, 2.24) is 5.32 Å². The summed E-state index contributed by atoms with van der Waals surface area (Å²) < 4.78 is 5.53. The summed E-state index contributed by atoms with van der Waals surface area (Å²) in [7, 11) is 1.72. The number of benzene rings is 1. The van der Waals surface area contributed by atoms with Crippen LogP contribution in [0.5, 0.6) is 5.75 Å². The summed E-state index contributed by atoms with van der Waals surface area (Å²) in [5.41, 5.74) is 7.67. The smallest absolute Gasteiger partial charge is 0.223 e. The highest BCUT2D eigenvalue weighted by molar-refractivity contribution is 5.85. The zero-order chi connectivity index (χ0) is 17.4. The van der Waals surface area contributed by atoms with Crippen molar-refractivity contribution in [2.75, 3.05) is 13.7 Å². The Morgan fingerprint density at radius 2 is 1.88 bits per heavy atom. The number of amides is 1. The zero-order valence-electron chi connectivity index (χ0n) is 15.6. The first kappa shape index (κ1) is 19.5. The number of ether oxygens (including phenoxy) is 1. The van der Waals surface area contributed by atoms with Crippen LogP contribution in [0.2, 0.25) is 0 Å². The predicted molar refractivity (Wildman–Crippen MR) is 106 cm³/mol. The molecule has 144 valence electrons. The van der Waals surface area contributed by atoms with E-state index in [1.54, 1.807) is 7.11 Å². The van der Waals surface area contributed by atoms with Crippen LogP contribution >= 0.6 is 12.4 Å². The van der Waals surface area contributed by atoms with Gasteiger partial charge < -0.3 is 15.8 Å². The Morgan fingerprint density at radius 3 is 2.50 bits per heavy atom. The van der Waals surface area contributed by atoms with E-state index in [2.05, 4.69) is 17.4 Å². The minimum Gasteiger partial charge on any atom is -0.496 e. The summed E-state index contributed by atoms with van der Waals surface area (Å²) in [6.45, 7) is 0.726. The summed E-state index contributed by atoms with van der Waals surface area (Å²) in [5.74, 6) is 2.43. The molecular formula is C21H31ClN2O2. The van der Waals surface area contributed by atoms with Gasteiger partial charge in [0.05, 0.1) is 7.11 Å². The van der Waals surface area contributed by atoms with E-state index in [1.165, 1.54) is 24.8 Å². The molecule has 3 aliphatic rings. The second-order valence-electron chi connectivity index (χ2n) is 8.40. The van der Waals surface area contributed by atoms with Crippen LogP contribution in [0.15, 0.2) is 24.3 Å². The Kier molecular flexibility index (Phi) is 5.83. The highest BCUT2D eigenvalue weighted by Crippen LogP contribution is 2.51. The predicted octanol–water partition coefficient (Wildman–Crippen LogP) is 3.42. The number of hydrogen-bond acceptors (Lipinski definition) is 3. The lowest BCUT2D eigenvalue weighted by atomic mass is 9.65. The quantitative estimate of drug-likeness (QED) is 0.825. The van der Waals surface area contributed by atoms with Gasteiger partial charge >= 0.3 is 0 Å². The van der Waals surface area contributed by atoms with Crippen LogP contribution in [0.25, 0.3) is 0 Å². The third-order valence-electron chi connectivity index (χ3n) is 6.92. The number of methoxy groups -OCH3 is 1. The fraction of sp³-hybridized carbons (Fsp3) is 0.667. The molecule has 0 saturated heterocycles. The summed E-state index contributed by atoms with van der Waals surface area (Å²) in [6, 6.07) is 8.54. The number of nitrogens with one attached hydrogen (secondary N) is 1. The number of rotatable bonds is 5. The minimum absolute atomic E-state index is 0. The van der Waals surface area contributed by atoms with Crippen molar-refractivity contribution in [3.8, 4) is 5.75 Å². The molecule has 3 aliphatic carbocycles. The van der Waals surface area contributed by atoms with Crippen molar-refractivity contribution in [3.05, 3.63) is 29.8 Å². The molecule has 0 radical (unpaired) electrons. The van der Waals surface area contributed by atoms with E-state index in [1.807, 2.05) is 12.1 Å². The first-order valence-corrected chi connectivity index (χ1v) is 9.80. The molecule has 0 heterocycles. The Bertz CT molecular complexity index is 633. The van der Waals surface area contributed by atoms with Crippen LogP contribution in [-0.2, 0) is 10.2 Å². The first-order chi connectivity index (χ1) is 12.1. The number of hydrogen-bond donors (Lipinski definition) is 2. The molecule has 2 atom stereocenters. The lowest BCUT2D eigenvalue weighted by Gasteiger charge is -2.43. The van der Waals surface area contributed by atoms with Gasteiger partial charge in [0.25, 0.3) is 0 Å². The fourth-order valence-corrected chi connectivity index (χ4v) is 5.18. The summed E-state index contributed by atoms with van der Waals surface area (Å²) >= 11 is 0. The van der Waals surface area contributed by atoms with Gasteiger partial charge in [-0.25, -0.2) is 0 Å². The third kappa shape index (κ3) is 3.59. The van der Waals surface area contributed by atoms with Gasteiger partial charge in [-0.3, -0.25) is 4.79 Å². The Balaban J connectivity index is 0.00000196. The molecule has 26 heavy (non-hydrogen) atoms. The van der Waals surface area contributed by atoms with Crippen molar-refractivity contribution in [2.45, 2.75) is 56.4 Å². The number of carbonyl (C=O) groups excluding carboxylic acids is 1. The summed E-state index contributed by atoms with van der Waals surface area (Å²) in [6.07, 6.45) is 7.88. The van der Waals surface area contributed by atoms with Gasteiger partial charge in [-0.05, 0) is 56.4 Å². The van der Waals surface area contributed by atoms with E-state index in [-0.39, 0.29) is 29.6 Å². The van der Waals surface area contributed by atoms with E-state index in [9.17, 15) is 4.79 Å². The molecule has 0 aromatic heterocycles.